The highest BCUT2D eigenvalue weighted by Gasteiger charge is 2.05. The van der Waals surface area contributed by atoms with E-state index in [4.69, 9.17) is 5.73 Å². The molecule has 0 aliphatic rings. The molecule has 0 saturated carbocycles. The smallest absolute Gasteiger partial charge is 0.218 e. The molecule has 1 amide bonds. The first-order valence-electron chi connectivity index (χ1n) is 5.99. The van der Waals surface area contributed by atoms with E-state index in [1.54, 1.807) is 6.20 Å². The van der Waals surface area contributed by atoms with Crippen LogP contribution < -0.4 is 11.1 Å². The maximum atomic E-state index is 10.8. The Hall–Kier alpha value is -1.94. The summed E-state index contributed by atoms with van der Waals surface area (Å²) in [7, 11) is 0. The molecule has 0 aliphatic heterocycles. The van der Waals surface area contributed by atoms with Gasteiger partial charge in [-0.25, -0.2) is 0 Å². The molecular formula is C14H17N3O. The Balaban J connectivity index is 2.01. The summed E-state index contributed by atoms with van der Waals surface area (Å²) in [5, 5.41) is 5.58. The molecule has 0 fully saturated rings. The Kier molecular flexibility index (Phi) is 3.89. The molecular weight excluding hydrogens is 226 g/mol. The number of pyridine rings is 1. The molecule has 4 heteroatoms. The van der Waals surface area contributed by atoms with Gasteiger partial charge in [-0.2, -0.15) is 0 Å². The number of nitrogens with zero attached hydrogens (tertiary/aromatic N) is 1. The normalized spacial score (nSPS) is 12.5. The summed E-state index contributed by atoms with van der Waals surface area (Å²) < 4.78 is 0. The fourth-order valence-electron chi connectivity index (χ4n) is 1.91. The van der Waals surface area contributed by atoms with E-state index in [0.717, 1.165) is 11.9 Å². The largest absolute Gasteiger partial charge is 0.370 e. The summed E-state index contributed by atoms with van der Waals surface area (Å²) in [5.74, 6) is -0.278. The highest BCUT2D eigenvalue weighted by Crippen LogP contribution is 2.14. The van der Waals surface area contributed by atoms with Gasteiger partial charge in [0.15, 0.2) is 0 Å². The summed E-state index contributed by atoms with van der Waals surface area (Å²) in [6, 6.07) is 8.33. The van der Waals surface area contributed by atoms with Gasteiger partial charge in [-0.05, 0) is 30.0 Å². The minimum absolute atomic E-state index is 0.0932. The zero-order valence-electron chi connectivity index (χ0n) is 10.4. The number of rotatable bonds is 5. The van der Waals surface area contributed by atoms with Crippen LogP contribution in [0.5, 0.6) is 0 Å². The van der Waals surface area contributed by atoms with Crippen molar-refractivity contribution in [2.24, 2.45) is 5.73 Å². The average molecular weight is 243 g/mol. The SMILES string of the molecule is CC(CC(N)=O)NCc1ccc2cnccc2c1. The number of aromatic nitrogens is 1. The number of hydrogen-bond donors (Lipinski definition) is 2. The highest BCUT2D eigenvalue weighted by atomic mass is 16.1. The quantitative estimate of drug-likeness (QED) is 0.838. The molecule has 1 aromatic heterocycles. The summed E-state index contributed by atoms with van der Waals surface area (Å²) in [4.78, 5) is 14.9. The minimum atomic E-state index is -0.278. The molecule has 0 spiro atoms. The second-order valence-corrected chi connectivity index (χ2v) is 4.51. The molecule has 1 unspecified atom stereocenters. The van der Waals surface area contributed by atoms with Crippen LogP contribution in [0.15, 0.2) is 36.7 Å². The molecule has 3 N–H and O–H groups in total. The van der Waals surface area contributed by atoms with E-state index in [9.17, 15) is 4.79 Å². The van der Waals surface area contributed by atoms with Gasteiger partial charge in [-0.1, -0.05) is 12.1 Å². The maximum Gasteiger partial charge on any atom is 0.218 e. The molecule has 1 aromatic carbocycles. The van der Waals surface area contributed by atoms with Crippen LogP contribution in [-0.4, -0.2) is 16.9 Å². The van der Waals surface area contributed by atoms with Crippen molar-refractivity contribution in [2.75, 3.05) is 0 Å². The van der Waals surface area contributed by atoms with Gasteiger partial charge in [-0.3, -0.25) is 9.78 Å². The van der Waals surface area contributed by atoms with Crippen LogP contribution in [0.4, 0.5) is 0 Å². The van der Waals surface area contributed by atoms with Gasteiger partial charge in [0, 0.05) is 36.8 Å². The first-order chi connectivity index (χ1) is 8.65. The van der Waals surface area contributed by atoms with Gasteiger partial charge in [0.2, 0.25) is 5.91 Å². The number of carbonyl (C=O) groups is 1. The number of fused-ring (bicyclic) bond motifs is 1. The minimum Gasteiger partial charge on any atom is -0.370 e. The molecule has 4 nitrogen and oxygen atoms in total. The van der Waals surface area contributed by atoms with E-state index in [0.29, 0.717) is 6.42 Å². The Morgan fingerprint density at radius 2 is 2.22 bits per heavy atom. The van der Waals surface area contributed by atoms with Gasteiger partial charge < -0.3 is 11.1 Å². The lowest BCUT2D eigenvalue weighted by atomic mass is 10.1. The van der Waals surface area contributed by atoms with Crippen LogP contribution in [0.3, 0.4) is 0 Å². The third-order valence-corrected chi connectivity index (χ3v) is 2.87. The lowest BCUT2D eigenvalue weighted by Gasteiger charge is -2.12. The van der Waals surface area contributed by atoms with Crippen molar-refractivity contribution in [2.45, 2.75) is 25.9 Å². The fraction of sp³-hybridized carbons (Fsp3) is 0.286. The van der Waals surface area contributed by atoms with E-state index >= 15 is 0 Å². The van der Waals surface area contributed by atoms with Crippen molar-refractivity contribution in [3.8, 4) is 0 Å². The summed E-state index contributed by atoms with van der Waals surface area (Å²) in [6.07, 6.45) is 4.00. The highest BCUT2D eigenvalue weighted by molar-refractivity contribution is 5.82. The number of benzene rings is 1. The van der Waals surface area contributed by atoms with Crippen molar-refractivity contribution < 1.29 is 4.79 Å². The number of hydrogen-bond acceptors (Lipinski definition) is 3. The Morgan fingerprint density at radius 1 is 1.39 bits per heavy atom. The second-order valence-electron chi connectivity index (χ2n) is 4.51. The molecule has 1 atom stereocenters. The van der Waals surface area contributed by atoms with E-state index in [-0.39, 0.29) is 11.9 Å². The maximum absolute atomic E-state index is 10.8. The standard InChI is InChI=1S/C14H17N3O/c1-10(6-14(15)18)17-8-11-2-3-13-9-16-5-4-12(13)7-11/h2-5,7,9-10,17H,6,8H2,1H3,(H2,15,18). The Morgan fingerprint density at radius 3 is 3.00 bits per heavy atom. The van der Waals surface area contributed by atoms with Crippen LogP contribution in [0, 0.1) is 0 Å². The molecule has 18 heavy (non-hydrogen) atoms. The van der Waals surface area contributed by atoms with Crippen molar-refractivity contribution in [1.82, 2.24) is 10.3 Å². The Labute approximate surface area is 106 Å². The van der Waals surface area contributed by atoms with Gasteiger partial charge in [-0.15, -0.1) is 0 Å². The third-order valence-electron chi connectivity index (χ3n) is 2.87. The molecule has 2 rings (SSSR count). The predicted molar refractivity (Wildman–Crippen MR) is 71.9 cm³/mol. The number of nitrogens with two attached hydrogens (primary N) is 1. The molecule has 1 heterocycles. The summed E-state index contributed by atoms with van der Waals surface area (Å²) in [5.41, 5.74) is 6.34. The van der Waals surface area contributed by atoms with E-state index in [1.165, 1.54) is 10.9 Å². The molecule has 0 saturated heterocycles. The first kappa shape index (κ1) is 12.5. The van der Waals surface area contributed by atoms with Gasteiger partial charge in [0.25, 0.3) is 0 Å². The zero-order chi connectivity index (χ0) is 13.0. The fourth-order valence-corrected chi connectivity index (χ4v) is 1.91. The molecule has 0 aliphatic carbocycles. The molecule has 0 bridgehead atoms. The van der Waals surface area contributed by atoms with Crippen molar-refractivity contribution in [3.05, 3.63) is 42.2 Å². The van der Waals surface area contributed by atoms with Crippen LogP contribution in [0.1, 0.15) is 18.9 Å². The summed E-state index contributed by atoms with van der Waals surface area (Å²) >= 11 is 0. The monoisotopic (exact) mass is 243 g/mol. The van der Waals surface area contributed by atoms with Crippen molar-refractivity contribution in [3.63, 3.8) is 0 Å². The summed E-state index contributed by atoms with van der Waals surface area (Å²) in [6.45, 7) is 2.68. The van der Waals surface area contributed by atoms with Crippen molar-refractivity contribution in [1.29, 1.82) is 0 Å². The third kappa shape index (κ3) is 3.28. The predicted octanol–water partition coefficient (Wildman–Crippen LogP) is 1.59. The zero-order valence-corrected chi connectivity index (χ0v) is 10.4. The second kappa shape index (κ2) is 5.60. The molecule has 94 valence electrons. The van der Waals surface area contributed by atoms with Crippen LogP contribution in [-0.2, 0) is 11.3 Å². The number of primary amides is 1. The number of carbonyl (C=O) groups excluding carboxylic acids is 1. The Bertz CT molecular complexity index is 553. The topological polar surface area (TPSA) is 68.0 Å². The van der Waals surface area contributed by atoms with Crippen LogP contribution in [0.2, 0.25) is 0 Å². The first-order valence-corrected chi connectivity index (χ1v) is 5.99. The number of amides is 1. The van der Waals surface area contributed by atoms with Crippen LogP contribution in [0.25, 0.3) is 10.8 Å². The van der Waals surface area contributed by atoms with Crippen LogP contribution >= 0.6 is 0 Å². The van der Waals surface area contributed by atoms with E-state index in [2.05, 4.69) is 28.5 Å². The van der Waals surface area contributed by atoms with E-state index in [1.807, 2.05) is 19.2 Å². The van der Waals surface area contributed by atoms with E-state index < -0.39 is 0 Å². The lowest BCUT2D eigenvalue weighted by Crippen LogP contribution is -2.30. The lowest BCUT2D eigenvalue weighted by molar-refractivity contribution is -0.118. The van der Waals surface area contributed by atoms with Gasteiger partial charge in [0.1, 0.15) is 0 Å². The average Bonchev–Trinajstić information content (AvgIpc) is 2.35. The molecule has 2 aromatic rings. The molecule has 0 radical (unpaired) electrons. The van der Waals surface area contributed by atoms with Gasteiger partial charge in [0.05, 0.1) is 0 Å². The van der Waals surface area contributed by atoms with Crippen molar-refractivity contribution >= 4 is 16.7 Å². The number of nitrogens with one attached hydrogen (secondary N) is 1. The van der Waals surface area contributed by atoms with Gasteiger partial charge >= 0.3 is 0 Å².